The third kappa shape index (κ3) is 4.00. The largest absolute Gasteiger partial charge is 0.507 e. The Balaban J connectivity index is 1.73. The van der Waals surface area contributed by atoms with Crippen LogP contribution in [0.1, 0.15) is 61.5 Å². The maximum atomic E-state index is 14.4. The highest BCUT2D eigenvalue weighted by atomic mass is 16.3. The van der Waals surface area contributed by atoms with E-state index in [0.29, 0.717) is 42.5 Å². The molecule has 0 spiro atoms. The molecule has 0 heterocycles. The molecule has 0 saturated carbocycles. The van der Waals surface area contributed by atoms with E-state index in [-0.39, 0.29) is 46.0 Å². The second kappa shape index (κ2) is 9.98. The number of nitrogens with one attached hydrogen (secondary N) is 1. The van der Waals surface area contributed by atoms with Crippen LogP contribution in [0.5, 0.6) is 5.75 Å². The summed E-state index contributed by atoms with van der Waals surface area (Å²) >= 11 is 0. The first-order valence-electron chi connectivity index (χ1n) is 13.8. The number of hydrogen-bond acceptors (Lipinski definition) is 6. The van der Waals surface area contributed by atoms with Crippen LogP contribution in [-0.2, 0) is 17.8 Å². The number of ketones is 2. The van der Waals surface area contributed by atoms with Crippen molar-refractivity contribution >= 4 is 11.6 Å². The predicted molar refractivity (Wildman–Crippen MR) is 156 cm³/mol. The van der Waals surface area contributed by atoms with Crippen LogP contribution in [0.4, 0.5) is 0 Å². The molecule has 204 valence electrons. The van der Waals surface area contributed by atoms with Crippen LogP contribution >= 0.6 is 0 Å². The van der Waals surface area contributed by atoms with E-state index in [1.54, 1.807) is 6.92 Å². The number of benzene rings is 2. The smallest absolute Gasteiger partial charge is 0.194 e. The van der Waals surface area contributed by atoms with Gasteiger partial charge in [0, 0.05) is 34.6 Å². The van der Waals surface area contributed by atoms with E-state index in [1.165, 1.54) is 0 Å². The van der Waals surface area contributed by atoms with Crippen molar-refractivity contribution in [2.45, 2.75) is 53.0 Å². The topological polar surface area (TPSA) is 116 Å². The van der Waals surface area contributed by atoms with E-state index >= 15 is 0 Å². The number of hydrogen-bond donors (Lipinski definition) is 3. The number of rotatable bonds is 6. The van der Waals surface area contributed by atoms with Gasteiger partial charge in [0.15, 0.2) is 11.6 Å². The normalized spacial score (nSPS) is 23.6. The van der Waals surface area contributed by atoms with Gasteiger partial charge in [0.05, 0.1) is 22.6 Å². The number of nitrogens with two attached hydrogens (primary N) is 1. The van der Waals surface area contributed by atoms with E-state index in [1.807, 2.05) is 50.2 Å². The summed E-state index contributed by atoms with van der Waals surface area (Å²) in [5.74, 6) is -1.09. The predicted octanol–water partition coefficient (Wildman–Crippen LogP) is 6.04. The van der Waals surface area contributed by atoms with Gasteiger partial charge in [-0.1, -0.05) is 56.0 Å². The lowest BCUT2D eigenvalue weighted by atomic mass is 9.52. The SMILES string of the molecule is C=C(CC)NCc1cc(-c2ccccc2)c2c(c1O)C(=O)C1=C(C#N)C3(C)C(=O)C(C(=C)N)=C(C)C[C@@H]3CC1C2. The van der Waals surface area contributed by atoms with Gasteiger partial charge in [0.1, 0.15) is 5.75 Å². The second-order valence-corrected chi connectivity index (χ2v) is 11.4. The molecule has 0 radical (unpaired) electrons. The zero-order chi connectivity index (χ0) is 28.9. The molecule has 0 fully saturated rings. The van der Waals surface area contributed by atoms with Crippen molar-refractivity contribution in [3.05, 3.63) is 99.9 Å². The summed E-state index contributed by atoms with van der Waals surface area (Å²) in [6.45, 7) is 13.8. The zero-order valence-electron chi connectivity index (χ0n) is 23.4. The molecular weight excluding hydrogens is 498 g/mol. The lowest BCUT2D eigenvalue weighted by Crippen LogP contribution is -2.49. The molecule has 3 aliphatic carbocycles. The second-order valence-electron chi connectivity index (χ2n) is 11.4. The highest BCUT2D eigenvalue weighted by Crippen LogP contribution is 2.57. The van der Waals surface area contributed by atoms with Gasteiger partial charge >= 0.3 is 0 Å². The fourth-order valence-electron chi connectivity index (χ4n) is 6.94. The third-order valence-corrected chi connectivity index (χ3v) is 9.14. The van der Waals surface area contributed by atoms with Crippen molar-refractivity contribution < 1.29 is 14.7 Å². The summed E-state index contributed by atoms with van der Waals surface area (Å²) in [4.78, 5) is 28.3. The van der Waals surface area contributed by atoms with Crippen LogP contribution in [-0.4, -0.2) is 16.7 Å². The number of aromatic hydroxyl groups is 1. The monoisotopic (exact) mass is 533 g/mol. The summed E-state index contributed by atoms with van der Waals surface area (Å²) in [6, 6.07) is 14.1. The van der Waals surface area contributed by atoms with E-state index < -0.39 is 5.41 Å². The molecule has 2 aromatic rings. The quantitative estimate of drug-likeness (QED) is 0.417. The van der Waals surface area contributed by atoms with E-state index in [4.69, 9.17) is 5.73 Å². The molecule has 5 rings (SSSR count). The van der Waals surface area contributed by atoms with Crippen molar-refractivity contribution in [2.24, 2.45) is 23.0 Å². The Morgan fingerprint density at radius 2 is 1.93 bits per heavy atom. The number of nitrogens with zero attached hydrogens (tertiary/aromatic N) is 1. The average Bonchev–Trinajstić information content (AvgIpc) is 2.92. The maximum Gasteiger partial charge on any atom is 0.194 e. The van der Waals surface area contributed by atoms with E-state index in [2.05, 4.69) is 24.5 Å². The molecule has 4 N–H and O–H groups in total. The maximum absolute atomic E-state index is 14.4. The van der Waals surface area contributed by atoms with E-state index in [9.17, 15) is 20.0 Å². The average molecular weight is 534 g/mol. The molecule has 2 aromatic carbocycles. The van der Waals surface area contributed by atoms with E-state index in [0.717, 1.165) is 34.4 Å². The van der Waals surface area contributed by atoms with Crippen molar-refractivity contribution in [1.82, 2.24) is 5.32 Å². The molecule has 3 aliphatic rings. The molecule has 0 amide bonds. The highest BCUT2D eigenvalue weighted by molar-refractivity contribution is 6.17. The fourth-order valence-corrected chi connectivity index (χ4v) is 6.94. The van der Waals surface area contributed by atoms with Crippen molar-refractivity contribution in [1.29, 1.82) is 5.26 Å². The number of carbonyl (C=O) groups is 2. The van der Waals surface area contributed by atoms with Gasteiger partial charge in [0.25, 0.3) is 0 Å². The summed E-state index contributed by atoms with van der Waals surface area (Å²) in [5.41, 5.74) is 11.1. The number of Topliss-reactive ketones (excluding diaryl/α,β-unsaturated/α-hetero) is 2. The molecule has 40 heavy (non-hydrogen) atoms. The van der Waals surface area contributed by atoms with Gasteiger partial charge in [0.2, 0.25) is 0 Å². The van der Waals surface area contributed by atoms with Gasteiger partial charge in [-0.25, -0.2) is 0 Å². The lowest BCUT2D eigenvalue weighted by molar-refractivity contribution is -0.126. The van der Waals surface area contributed by atoms with Crippen LogP contribution in [0.25, 0.3) is 11.1 Å². The highest BCUT2D eigenvalue weighted by Gasteiger charge is 2.56. The Bertz CT molecular complexity index is 1590. The first-order valence-corrected chi connectivity index (χ1v) is 13.8. The van der Waals surface area contributed by atoms with Gasteiger partial charge in [-0.3, -0.25) is 9.59 Å². The summed E-state index contributed by atoms with van der Waals surface area (Å²) < 4.78 is 0. The number of phenols is 1. The van der Waals surface area contributed by atoms with Crippen molar-refractivity contribution in [3.63, 3.8) is 0 Å². The minimum atomic E-state index is -1.18. The number of phenolic OH excluding ortho intramolecular Hbond substituents is 1. The Labute approximate surface area is 235 Å². The molecule has 6 heteroatoms. The Kier molecular flexibility index (Phi) is 6.79. The van der Waals surface area contributed by atoms with Gasteiger partial charge < -0.3 is 16.2 Å². The lowest BCUT2D eigenvalue weighted by Gasteiger charge is -2.48. The third-order valence-electron chi connectivity index (χ3n) is 9.14. The molecule has 0 bridgehead atoms. The number of carbonyl (C=O) groups excluding carboxylic acids is 2. The van der Waals surface area contributed by atoms with Crippen LogP contribution in [0.3, 0.4) is 0 Å². The van der Waals surface area contributed by atoms with Gasteiger partial charge in [-0.15, -0.1) is 0 Å². The molecule has 3 atom stereocenters. The first kappa shape index (κ1) is 27.2. The first-order chi connectivity index (χ1) is 19.0. The number of fused-ring (bicyclic) bond motifs is 3. The fraction of sp³-hybridized carbons (Fsp3) is 0.324. The van der Waals surface area contributed by atoms with Crippen LogP contribution in [0, 0.1) is 28.6 Å². The van der Waals surface area contributed by atoms with Crippen LogP contribution in [0.15, 0.2) is 83.2 Å². The molecule has 0 saturated heterocycles. The standard InChI is InChI=1S/C34H35N3O3/c1-6-19(3)37-17-23-15-25(21-10-8-7-9-11-21)26-14-22-13-24-12-18(2)28(20(4)36)33(40)34(24,5)27(16-35)29(22)32(39)30(26)31(23)38/h7-11,15,22,24,37-38H,3-4,6,12-14,17,36H2,1-2,5H3/t22?,24-,34?/m1/s1. The van der Waals surface area contributed by atoms with Gasteiger partial charge in [-0.2, -0.15) is 5.26 Å². The summed E-state index contributed by atoms with van der Waals surface area (Å²) in [7, 11) is 0. The molecule has 2 unspecified atom stereocenters. The Hall–Kier alpha value is -4.37. The number of allylic oxidation sites excluding steroid dienone is 5. The Morgan fingerprint density at radius 3 is 2.55 bits per heavy atom. The van der Waals surface area contributed by atoms with Crippen LogP contribution in [0.2, 0.25) is 0 Å². The molecular formula is C34H35N3O3. The summed E-state index contributed by atoms with van der Waals surface area (Å²) in [6.07, 6.45) is 2.42. The Morgan fingerprint density at radius 1 is 1.23 bits per heavy atom. The van der Waals surface area contributed by atoms with Gasteiger partial charge in [-0.05, 0) is 74.1 Å². The molecule has 0 aromatic heterocycles. The minimum Gasteiger partial charge on any atom is -0.507 e. The zero-order valence-corrected chi connectivity index (χ0v) is 23.4. The van der Waals surface area contributed by atoms with Crippen LogP contribution < -0.4 is 11.1 Å². The molecule has 6 nitrogen and oxygen atoms in total. The molecule has 0 aliphatic heterocycles. The summed E-state index contributed by atoms with van der Waals surface area (Å²) in [5, 5.41) is 25.2. The van der Waals surface area contributed by atoms with Crippen molar-refractivity contribution in [3.8, 4) is 22.9 Å². The van der Waals surface area contributed by atoms with Crippen molar-refractivity contribution in [2.75, 3.05) is 0 Å². The number of nitriles is 1. The minimum absolute atomic E-state index is 0.0895.